The lowest BCUT2D eigenvalue weighted by Crippen LogP contribution is -2.56. The number of amides is 4. The van der Waals surface area contributed by atoms with Gasteiger partial charge in [0, 0.05) is 12.8 Å². The first-order valence-corrected chi connectivity index (χ1v) is 9.21. The van der Waals surface area contributed by atoms with Crippen LogP contribution in [0.2, 0.25) is 0 Å². The van der Waals surface area contributed by atoms with Gasteiger partial charge in [-0.2, -0.15) is 0 Å². The Balaban J connectivity index is 5.36. The number of aliphatic carboxylic acids is 2. The van der Waals surface area contributed by atoms with Crippen LogP contribution in [0, 0.1) is 5.92 Å². The van der Waals surface area contributed by atoms with Crippen LogP contribution in [-0.4, -0.2) is 70.5 Å². The summed E-state index contributed by atoms with van der Waals surface area (Å²) in [7, 11) is 0. The highest BCUT2D eigenvalue weighted by atomic mass is 16.4. The third-order valence-corrected chi connectivity index (χ3v) is 4.03. The van der Waals surface area contributed by atoms with E-state index >= 15 is 0 Å². The molecule has 13 nitrogen and oxygen atoms in total. The number of primary amides is 1. The van der Waals surface area contributed by atoms with Crippen LogP contribution in [0.1, 0.15) is 39.5 Å². The number of hydrogen-bond donors (Lipinski definition) is 7. The minimum absolute atomic E-state index is 0.225. The molecule has 170 valence electrons. The molecule has 0 aliphatic carbocycles. The summed E-state index contributed by atoms with van der Waals surface area (Å²) in [4.78, 5) is 69.5. The van der Waals surface area contributed by atoms with Gasteiger partial charge in [0.1, 0.15) is 18.6 Å². The molecule has 0 fully saturated rings. The van der Waals surface area contributed by atoms with E-state index in [1.54, 1.807) is 13.8 Å². The van der Waals surface area contributed by atoms with E-state index in [0.717, 1.165) is 0 Å². The van der Waals surface area contributed by atoms with E-state index in [9.17, 15) is 28.8 Å². The number of carbonyl (C=O) groups excluding carboxylic acids is 4. The molecule has 4 amide bonds. The largest absolute Gasteiger partial charge is 0.481 e. The molecule has 0 rings (SSSR count). The molecule has 9 N–H and O–H groups in total. The van der Waals surface area contributed by atoms with Gasteiger partial charge in [-0.25, -0.2) is 0 Å². The highest BCUT2D eigenvalue weighted by molar-refractivity contribution is 5.94. The fourth-order valence-corrected chi connectivity index (χ4v) is 2.22. The van der Waals surface area contributed by atoms with E-state index in [2.05, 4.69) is 16.0 Å². The van der Waals surface area contributed by atoms with Gasteiger partial charge < -0.3 is 37.6 Å². The Morgan fingerprint density at radius 3 is 1.77 bits per heavy atom. The van der Waals surface area contributed by atoms with E-state index in [-0.39, 0.29) is 25.2 Å². The third-order valence-electron chi connectivity index (χ3n) is 4.03. The van der Waals surface area contributed by atoms with E-state index in [1.165, 1.54) is 0 Å². The van der Waals surface area contributed by atoms with Crippen molar-refractivity contribution in [2.75, 3.05) is 6.54 Å². The Morgan fingerprint density at radius 1 is 0.800 bits per heavy atom. The van der Waals surface area contributed by atoms with Crippen molar-refractivity contribution < 1.29 is 39.0 Å². The van der Waals surface area contributed by atoms with Crippen LogP contribution < -0.4 is 27.4 Å². The second kappa shape index (κ2) is 13.1. The Labute approximate surface area is 172 Å². The van der Waals surface area contributed by atoms with Crippen molar-refractivity contribution in [1.82, 2.24) is 16.0 Å². The number of hydrogen-bond acceptors (Lipinski definition) is 7. The SMILES string of the molecule is CC(C)C(N)C(=O)NC(CCC(=O)O)C(=O)NC(CCC(N)=O)C(=O)NCC(=O)O. The predicted molar refractivity (Wildman–Crippen MR) is 103 cm³/mol. The molecule has 0 saturated carbocycles. The van der Waals surface area contributed by atoms with Crippen LogP contribution in [0.3, 0.4) is 0 Å². The maximum atomic E-state index is 12.6. The topological polar surface area (TPSA) is 231 Å². The van der Waals surface area contributed by atoms with E-state index in [4.69, 9.17) is 21.7 Å². The number of carbonyl (C=O) groups is 6. The van der Waals surface area contributed by atoms with Crippen LogP contribution in [0.4, 0.5) is 0 Å². The van der Waals surface area contributed by atoms with Gasteiger partial charge in [0.2, 0.25) is 23.6 Å². The number of carboxylic acid groups (broad SMARTS) is 2. The molecule has 0 aromatic rings. The molecule has 13 heteroatoms. The summed E-state index contributed by atoms with van der Waals surface area (Å²) in [5, 5.41) is 24.2. The summed E-state index contributed by atoms with van der Waals surface area (Å²) >= 11 is 0. The van der Waals surface area contributed by atoms with Crippen molar-refractivity contribution >= 4 is 35.6 Å². The van der Waals surface area contributed by atoms with Crippen molar-refractivity contribution in [1.29, 1.82) is 0 Å². The number of nitrogens with one attached hydrogen (secondary N) is 3. The maximum Gasteiger partial charge on any atom is 0.322 e. The average Bonchev–Trinajstić information content (AvgIpc) is 2.64. The van der Waals surface area contributed by atoms with E-state index in [1.807, 2.05) is 0 Å². The molecule has 0 aliphatic rings. The molecule has 0 aliphatic heterocycles. The van der Waals surface area contributed by atoms with Crippen molar-refractivity contribution in [3.05, 3.63) is 0 Å². The molecule has 0 radical (unpaired) electrons. The molecule has 0 bridgehead atoms. The zero-order valence-corrected chi connectivity index (χ0v) is 16.8. The molecule has 0 heterocycles. The molecule has 0 spiro atoms. The highest BCUT2D eigenvalue weighted by Crippen LogP contribution is 2.05. The lowest BCUT2D eigenvalue weighted by molar-refractivity contribution is -0.139. The highest BCUT2D eigenvalue weighted by Gasteiger charge is 2.29. The van der Waals surface area contributed by atoms with Gasteiger partial charge >= 0.3 is 11.9 Å². The van der Waals surface area contributed by atoms with Crippen molar-refractivity contribution in [3.8, 4) is 0 Å². The van der Waals surface area contributed by atoms with Crippen LogP contribution >= 0.6 is 0 Å². The minimum Gasteiger partial charge on any atom is -0.481 e. The predicted octanol–water partition coefficient (Wildman–Crippen LogP) is -2.73. The first-order chi connectivity index (χ1) is 13.8. The van der Waals surface area contributed by atoms with Crippen LogP contribution in [0.25, 0.3) is 0 Å². The Morgan fingerprint density at radius 2 is 1.30 bits per heavy atom. The Hall–Kier alpha value is -3.22. The fourth-order valence-electron chi connectivity index (χ4n) is 2.22. The summed E-state index contributed by atoms with van der Waals surface area (Å²) in [5.41, 5.74) is 10.8. The smallest absolute Gasteiger partial charge is 0.322 e. The third kappa shape index (κ3) is 10.9. The van der Waals surface area contributed by atoms with Gasteiger partial charge in [-0.1, -0.05) is 13.8 Å². The average molecular weight is 431 g/mol. The summed E-state index contributed by atoms with van der Waals surface area (Å²) < 4.78 is 0. The quantitative estimate of drug-likeness (QED) is 0.151. The molecule has 3 unspecified atom stereocenters. The van der Waals surface area contributed by atoms with Crippen molar-refractivity contribution in [2.45, 2.75) is 57.7 Å². The second-order valence-corrected chi connectivity index (χ2v) is 6.94. The monoisotopic (exact) mass is 431 g/mol. The van der Waals surface area contributed by atoms with E-state index in [0.29, 0.717) is 0 Å². The lowest BCUT2D eigenvalue weighted by Gasteiger charge is -2.24. The summed E-state index contributed by atoms with van der Waals surface area (Å²) in [6.45, 7) is 2.65. The van der Waals surface area contributed by atoms with Crippen LogP contribution in [-0.2, 0) is 28.8 Å². The number of carboxylic acids is 2. The number of rotatable bonds is 14. The summed E-state index contributed by atoms with van der Waals surface area (Å²) in [5.74, 6) is -5.98. The summed E-state index contributed by atoms with van der Waals surface area (Å²) in [6.07, 6.45) is -1.24. The molecule has 0 aromatic heterocycles. The Bertz CT molecular complexity index is 667. The molecule has 3 atom stereocenters. The standard InChI is InChI=1S/C17H29N5O8/c1-8(2)14(19)17(30)22-10(4-6-12(24)25)16(29)21-9(3-5-11(18)23)15(28)20-7-13(26)27/h8-10,14H,3-7,19H2,1-2H3,(H2,18,23)(H,20,28)(H,21,29)(H,22,30)(H,24,25)(H,26,27). The van der Waals surface area contributed by atoms with E-state index < -0.39 is 66.7 Å². The normalized spacial score (nSPS) is 13.6. The molecule has 30 heavy (non-hydrogen) atoms. The first-order valence-electron chi connectivity index (χ1n) is 9.21. The minimum atomic E-state index is -1.33. The Kier molecular flexibility index (Phi) is 11.7. The lowest BCUT2D eigenvalue weighted by atomic mass is 10.0. The van der Waals surface area contributed by atoms with Gasteiger partial charge in [-0.05, 0) is 18.8 Å². The zero-order valence-electron chi connectivity index (χ0n) is 16.8. The number of nitrogens with two attached hydrogens (primary N) is 2. The molecule has 0 aromatic carbocycles. The molecular weight excluding hydrogens is 402 g/mol. The summed E-state index contributed by atoms with van der Waals surface area (Å²) in [6, 6.07) is -3.59. The van der Waals surface area contributed by atoms with Gasteiger partial charge in [0.15, 0.2) is 0 Å². The first kappa shape index (κ1) is 26.8. The van der Waals surface area contributed by atoms with Crippen molar-refractivity contribution in [3.63, 3.8) is 0 Å². The zero-order chi connectivity index (χ0) is 23.4. The maximum absolute atomic E-state index is 12.6. The fraction of sp³-hybridized carbons (Fsp3) is 0.647. The molecule has 0 saturated heterocycles. The van der Waals surface area contributed by atoms with Gasteiger partial charge in [0.25, 0.3) is 0 Å². The van der Waals surface area contributed by atoms with Gasteiger partial charge in [-0.3, -0.25) is 28.8 Å². The van der Waals surface area contributed by atoms with Crippen LogP contribution in [0.15, 0.2) is 0 Å². The van der Waals surface area contributed by atoms with Crippen molar-refractivity contribution in [2.24, 2.45) is 17.4 Å². The van der Waals surface area contributed by atoms with Crippen LogP contribution in [0.5, 0.6) is 0 Å². The second-order valence-electron chi connectivity index (χ2n) is 6.94. The van der Waals surface area contributed by atoms with Gasteiger partial charge in [-0.15, -0.1) is 0 Å². The molecular formula is C17H29N5O8. The van der Waals surface area contributed by atoms with Gasteiger partial charge in [0.05, 0.1) is 6.04 Å².